The number of hydrogen-bond donors (Lipinski definition) is 1. The van der Waals surface area contributed by atoms with Crippen molar-refractivity contribution in [1.29, 1.82) is 0 Å². The minimum absolute atomic E-state index is 0.165. The standard InChI is InChI=1S/C11H14N8OS/c1-3-4-8-13-10-12-7(5-9(20)19(10)15-8)6-21-11-14-16-17-18(11)2/h5H,3-4,6H2,1-2H3,(H,12,13,15). The number of aromatic nitrogens is 8. The first-order valence-electron chi connectivity index (χ1n) is 6.50. The van der Waals surface area contributed by atoms with Gasteiger partial charge in [-0.3, -0.25) is 9.89 Å². The molecule has 0 saturated heterocycles. The molecule has 0 bridgehead atoms. The average Bonchev–Trinajstić information content (AvgIpc) is 3.03. The molecule has 9 nitrogen and oxygen atoms in total. The molecule has 10 heteroatoms. The molecule has 0 fully saturated rings. The van der Waals surface area contributed by atoms with Crippen molar-refractivity contribution >= 4 is 17.5 Å². The van der Waals surface area contributed by atoms with E-state index in [2.05, 4.69) is 37.5 Å². The van der Waals surface area contributed by atoms with Gasteiger partial charge in [-0.2, -0.15) is 9.50 Å². The molecule has 0 spiro atoms. The smallest absolute Gasteiger partial charge is 0.274 e. The molecule has 0 saturated carbocycles. The molecule has 0 aliphatic carbocycles. The van der Waals surface area contributed by atoms with Gasteiger partial charge in [-0.15, -0.1) is 5.10 Å². The number of rotatable bonds is 5. The normalized spacial score (nSPS) is 11.3. The average molecular weight is 306 g/mol. The topological polar surface area (TPSA) is 107 Å². The van der Waals surface area contributed by atoms with E-state index in [-0.39, 0.29) is 5.56 Å². The Morgan fingerprint density at radius 2 is 2.24 bits per heavy atom. The maximum atomic E-state index is 12.0. The van der Waals surface area contributed by atoms with Crippen LogP contribution in [0, 0.1) is 0 Å². The quantitative estimate of drug-likeness (QED) is 0.670. The van der Waals surface area contributed by atoms with Gasteiger partial charge < -0.3 is 0 Å². The number of nitrogens with zero attached hydrogens (tertiary/aromatic N) is 7. The summed E-state index contributed by atoms with van der Waals surface area (Å²) < 4.78 is 2.94. The maximum absolute atomic E-state index is 12.0. The van der Waals surface area contributed by atoms with Crippen molar-refractivity contribution < 1.29 is 0 Å². The minimum Gasteiger partial charge on any atom is -0.275 e. The van der Waals surface area contributed by atoms with E-state index in [4.69, 9.17) is 0 Å². The van der Waals surface area contributed by atoms with Crippen molar-refractivity contribution in [3.8, 4) is 0 Å². The molecule has 110 valence electrons. The third-order valence-corrected chi connectivity index (χ3v) is 3.89. The predicted molar refractivity (Wildman–Crippen MR) is 76.0 cm³/mol. The van der Waals surface area contributed by atoms with Crippen LogP contribution < -0.4 is 5.56 Å². The van der Waals surface area contributed by atoms with Crippen molar-refractivity contribution in [2.45, 2.75) is 30.7 Å². The molecule has 0 amide bonds. The highest BCUT2D eigenvalue weighted by molar-refractivity contribution is 7.98. The van der Waals surface area contributed by atoms with Gasteiger partial charge in [-0.25, -0.2) is 9.67 Å². The number of aryl methyl sites for hydroxylation is 2. The van der Waals surface area contributed by atoms with Crippen LogP contribution in [-0.2, 0) is 19.2 Å². The van der Waals surface area contributed by atoms with Crippen molar-refractivity contribution in [2.24, 2.45) is 7.05 Å². The van der Waals surface area contributed by atoms with E-state index in [1.54, 1.807) is 11.7 Å². The first-order chi connectivity index (χ1) is 10.2. The highest BCUT2D eigenvalue weighted by atomic mass is 32.2. The van der Waals surface area contributed by atoms with E-state index in [0.717, 1.165) is 18.7 Å². The van der Waals surface area contributed by atoms with Gasteiger partial charge in [0.15, 0.2) is 0 Å². The van der Waals surface area contributed by atoms with Crippen LogP contribution in [0.1, 0.15) is 24.9 Å². The summed E-state index contributed by atoms with van der Waals surface area (Å²) in [5.41, 5.74) is 0.490. The highest BCUT2D eigenvalue weighted by Crippen LogP contribution is 2.17. The Labute approximate surface area is 123 Å². The Morgan fingerprint density at radius 3 is 2.95 bits per heavy atom. The second kappa shape index (κ2) is 5.64. The molecule has 0 atom stereocenters. The van der Waals surface area contributed by atoms with Crippen LogP contribution in [0.2, 0.25) is 0 Å². The van der Waals surface area contributed by atoms with E-state index < -0.39 is 0 Å². The summed E-state index contributed by atoms with van der Waals surface area (Å²) >= 11 is 1.42. The molecule has 3 rings (SSSR count). The number of tetrazole rings is 1. The van der Waals surface area contributed by atoms with Gasteiger partial charge in [-0.05, 0) is 16.8 Å². The molecule has 0 unspecified atom stereocenters. The third kappa shape index (κ3) is 2.79. The molecule has 3 aromatic rings. The molecule has 0 aliphatic heterocycles. The maximum Gasteiger partial charge on any atom is 0.274 e. The summed E-state index contributed by atoms with van der Waals surface area (Å²) in [6, 6.07) is 1.50. The summed E-state index contributed by atoms with van der Waals surface area (Å²) in [7, 11) is 1.76. The Balaban J connectivity index is 1.86. The fourth-order valence-corrected chi connectivity index (χ4v) is 2.62. The Kier molecular flexibility index (Phi) is 3.69. The highest BCUT2D eigenvalue weighted by Gasteiger charge is 2.09. The molecule has 0 aromatic carbocycles. The summed E-state index contributed by atoms with van der Waals surface area (Å²) in [6.45, 7) is 2.06. The van der Waals surface area contributed by atoms with E-state index >= 15 is 0 Å². The van der Waals surface area contributed by atoms with Crippen LogP contribution in [-0.4, -0.2) is 39.8 Å². The zero-order valence-electron chi connectivity index (χ0n) is 11.6. The fraction of sp³-hybridized carbons (Fsp3) is 0.455. The zero-order chi connectivity index (χ0) is 14.8. The van der Waals surface area contributed by atoms with E-state index in [1.165, 1.54) is 22.3 Å². The van der Waals surface area contributed by atoms with Crippen LogP contribution in [0.5, 0.6) is 0 Å². The van der Waals surface area contributed by atoms with Crippen molar-refractivity contribution in [2.75, 3.05) is 0 Å². The Morgan fingerprint density at radius 1 is 1.38 bits per heavy atom. The number of H-pyrrole nitrogens is 1. The lowest BCUT2D eigenvalue weighted by Crippen LogP contribution is -2.15. The monoisotopic (exact) mass is 306 g/mol. The van der Waals surface area contributed by atoms with Gasteiger partial charge >= 0.3 is 0 Å². The van der Waals surface area contributed by atoms with Crippen LogP contribution in [0.4, 0.5) is 0 Å². The molecular formula is C11H14N8OS. The van der Waals surface area contributed by atoms with Crippen LogP contribution >= 0.6 is 11.8 Å². The third-order valence-electron chi connectivity index (χ3n) is 2.85. The van der Waals surface area contributed by atoms with E-state index in [1.807, 2.05) is 0 Å². The molecule has 1 N–H and O–H groups in total. The summed E-state index contributed by atoms with van der Waals surface area (Å²) in [5, 5.41) is 14.8. The summed E-state index contributed by atoms with van der Waals surface area (Å²) in [6.07, 6.45) is 1.74. The van der Waals surface area contributed by atoms with Crippen LogP contribution in [0.3, 0.4) is 0 Å². The van der Waals surface area contributed by atoms with Crippen LogP contribution in [0.25, 0.3) is 5.78 Å². The van der Waals surface area contributed by atoms with Gasteiger partial charge in [0.2, 0.25) is 5.16 Å². The van der Waals surface area contributed by atoms with Gasteiger partial charge in [0.05, 0.1) is 5.69 Å². The minimum atomic E-state index is -0.165. The molecule has 0 radical (unpaired) electrons. The van der Waals surface area contributed by atoms with E-state index in [9.17, 15) is 4.79 Å². The second-order valence-electron chi connectivity index (χ2n) is 4.52. The van der Waals surface area contributed by atoms with E-state index in [0.29, 0.717) is 22.4 Å². The SMILES string of the molecule is CCCc1nc2nc(CSc3nnnn3C)cc(=O)n2[nH]1. The first-order valence-corrected chi connectivity index (χ1v) is 7.48. The van der Waals surface area contributed by atoms with Gasteiger partial charge in [0.1, 0.15) is 5.82 Å². The lowest BCUT2D eigenvalue weighted by molar-refractivity contribution is 0.664. The largest absolute Gasteiger partial charge is 0.275 e. The van der Waals surface area contributed by atoms with Crippen molar-refractivity contribution in [3.63, 3.8) is 0 Å². The Hall–Kier alpha value is -2.23. The lowest BCUT2D eigenvalue weighted by atomic mass is 10.3. The summed E-state index contributed by atoms with van der Waals surface area (Å²) in [5.74, 6) is 1.68. The summed E-state index contributed by atoms with van der Waals surface area (Å²) in [4.78, 5) is 20.8. The van der Waals surface area contributed by atoms with Gasteiger partial charge in [0, 0.05) is 25.3 Å². The molecule has 3 heterocycles. The molecule has 21 heavy (non-hydrogen) atoms. The van der Waals surface area contributed by atoms with Crippen LogP contribution in [0.15, 0.2) is 16.0 Å². The number of aromatic amines is 1. The van der Waals surface area contributed by atoms with Crippen molar-refractivity contribution in [3.05, 3.63) is 27.9 Å². The fourth-order valence-electron chi connectivity index (χ4n) is 1.88. The van der Waals surface area contributed by atoms with Gasteiger partial charge in [-0.1, -0.05) is 18.7 Å². The van der Waals surface area contributed by atoms with Gasteiger partial charge in [0.25, 0.3) is 11.3 Å². The predicted octanol–water partition coefficient (Wildman–Crippen LogP) is 0.186. The lowest BCUT2D eigenvalue weighted by Gasteiger charge is -1.99. The molecular weight excluding hydrogens is 292 g/mol. The zero-order valence-corrected chi connectivity index (χ0v) is 12.5. The van der Waals surface area contributed by atoms with Crippen molar-refractivity contribution in [1.82, 2.24) is 39.8 Å². The Bertz CT molecular complexity index is 819. The molecule has 0 aliphatic rings. The number of thioether (sulfide) groups is 1. The number of fused-ring (bicyclic) bond motifs is 1. The number of hydrogen-bond acceptors (Lipinski definition) is 7. The molecule has 3 aromatic heterocycles. The first kappa shape index (κ1) is 13.7. The number of nitrogens with one attached hydrogen (secondary N) is 1. The second-order valence-corrected chi connectivity index (χ2v) is 5.46.